The Bertz CT molecular complexity index is 1450. The third-order valence-corrected chi connectivity index (χ3v) is 8.40. The molecule has 2 N–H and O–H groups in total. The number of nitrogens with one attached hydrogen (secondary N) is 1. The molecule has 0 saturated heterocycles. The van der Waals surface area contributed by atoms with Crippen molar-refractivity contribution in [3.05, 3.63) is 71.2 Å². The van der Waals surface area contributed by atoms with Crippen molar-refractivity contribution < 1.29 is 23.1 Å². The van der Waals surface area contributed by atoms with Crippen molar-refractivity contribution in [2.45, 2.75) is 48.5 Å². The monoisotopic (exact) mass is 534 g/mol. The summed E-state index contributed by atoms with van der Waals surface area (Å²) in [6.45, 7) is 0.771. The lowest BCUT2D eigenvalue weighted by molar-refractivity contribution is 0.0915. The Kier molecular flexibility index (Phi) is 6.31. The first-order chi connectivity index (χ1) is 18.3. The molecule has 1 amide bonds. The summed E-state index contributed by atoms with van der Waals surface area (Å²) in [4.78, 5) is 24.9. The van der Waals surface area contributed by atoms with Gasteiger partial charge in [-0.1, -0.05) is 12.1 Å². The fourth-order valence-corrected chi connectivity index (χ4v) is 5.42. The first-order valence-corrected chi connectivity index (χ1v) is 14.8. The molecule has 2 fully saturated rings. The molecule has 38 heavy (non-hydrogen) atoms. The summed E-state index contributed by atoms with van der Waals surface area (Å²) in [5, 5.41) is 12.7. The van der Waals surface area contributed by atoms with Gasteiger partial charge in [0.1, 0.15) is 6.61 Å². The van der Waals surface area contributed by atoms with Crippen molar-refractivity contribution in [3.8, 4) is 5.75 Å². The number of pyridine rings is 2. The lowest BCUT2D eigenvalue weighted by atomic mass is 10.1. The molecule has 1 aromatic carbocycles. The number of nitrogens with zero attached hydrogens (tertiary/aromatic N) is 3. The van der Waals surface area contributed by atoms with Crippen LogP contribution in [-0.4, -0.2) is 55.4 Å². The summed E-state index contributed by atoms with van der Waals surface area (Å²) in [5.74, 6) is 1.88. The number of hydrogen-bond acceptors (Lipinski definition) is 8. The van der Waals surface area contributed by atoms with Gasteiger partial charge in [-0.05, 0) is 61.6 Å². The number of sulfone groups is 1. The van der Waals surface area contributed by atoms with Gasteiger partial charge in [0, 0.05) is 41.4 Å². The molecule has 2 aliphatic carbocycles. The maximum absolute atomic E-state index is 13.1. The second-order valence-electron chi connectivity index (χ2n) is 10.3. The molecule has 10 heteroatoms. The second-order valence-corrected chi connectivity index (χ2v) is 12.3. The van der Waals surface area contributed by atoms with Crippen LogP contribution in [0.2, 0.25) is 0 Å². The maximum atomic E-state index is 13.1. The Morgan fingerprint density at radius 2 is 1.76 bits per heavy atom. The predicted octanol–water partition coefficient (Wildman–Crippen LogP) is 3.63. The molecule has 1 unspecified atom stereocenters. The molecule has 2 saturated carbocycles. The Morgan fingerprint density at radius 3 is 2.34 bits per heavy atom. The molecule has 9 nitrogen and oxygen atoms in total. The van der Waals surface area contributed by atoms with E-state index in [2.05, 4.69) is 27.3 Å². The summed E-state index contributed by atoms with van der Waals surface area (Å²) >= 11 is 0. The molecular weight excluding hydrogens is 504 g/mol. The van der Waals surface area contributed by atoms with E-state index in [1.54, 1.807) is 18.2 Å². The van der Waals surface area contributed by atoms with Crippen LogP contribution in [0.15, 0.2) is 53.6 Å². The number of anilines is 2. The summed E-state index contributed by atoms with van der Waals surface area (Å²) < 4.78 is 29.4. The molecule has 0 bridgehead atoms. The lowest BCUT2D eigenvalue weighted by Crippen LogP contribution is -2.32. The molecule has 1 atom stereocenters. The number of amides is 1. The predicted molar refractivity (Wildman–Crippen MR) is 142 cm³/mol. The fraction of sp³-hybridized carbons (Fsp3) is 0.393. The largest absolute Gasteiger partial charge is 0.488 e. The van der Waals surface area contributed by atoms with Crippen molar-refractivity contribution in [2.75, 3.05) is 30.9 Å². The van der Waals surface area contributed by atoms with E-state index in [1.807, 2.05) is 0 Å². The van der Waals surface area contributed by atoms with Crippen molar-refractivity contribution in [1.29, 1.82) is 0 Å². The Hall–Kier alpha value is -3.50. The molecule has 1 aliphatic heterocycles. The minimum Gasteiger partial charge on any atom is -0.488 e. The van der Waals surface area contributed by atoms with Crippen molar-refractivity contribution in [2.24, 2.45) is 0 Å². The van der Waals surface area contributed by atoms with E-state index in [4.69, 9.17) is 9.72 Å². The first kappa shape index (κ1) is 24.8. The van der Waals surface area contributed by atoms with E-state index in [-0.39, 0.29) is 11.5 Å². The number of carbonyl (C=O) groups excluding carboxylic acids is 1. The molecule has 198 valence electrons. The lowest BCUT2D eigenvalue weighted by Gasteiger charge is -2.31. The molecule has 0 radical (unpaired) electrons. The van der Waals surface area contributed by atoms with E-state index in [0.29, 0.717) is 47.7 Å². The molecule has 3 aliphatic rings. The number of benzene rings is 1. The van der Waals surface area contributed by atoms with Crippen LogP contribution < -0.4 is 15.0 Å². The van der Waals surface area contributed by atoms with Crippen LogP contribution in [0.25, 0.3) is 0 Å². The summed E-state index contributed by atoms with van der Waals surface area (Å²) in [6.07, 6.45) is 7.40. The van der Waals surface area contributed by atoms with Gasteiger partial charge >= 0.3 is 0 Å². The topological polar surface area (TPSA) is 122 Å². The Labute approximate surface area is 221 Å². The number of carbonyl (C=O) groups is 1. The molecule has 6 rings (SSSR count). The van der Waals surface area contributed by atoms with E-state index < -0.39 is 21.8 Å². The normalized spacial score (nSPS) is 17.9. The van der Waals surface area contributed by atoms with Crippen LogP contribution in [0.1, 0.15) is 70.9 Å². The third-order valence-electron chi connectivity index (χ3n) is 7.27. The van der Waals surface area contributed by atoms with E-state index in [1.165, 1.54) is 44.0 Å². The third kappa shape index (κ3) is 5.10. The average molecular weight is 535 g/mol. The van der Waals surface area contributed by atoms with Gasteiger partial charge in [-0.15, -0.1) is 0 Å². The van der Waals surface area contributed by atoms with Crippen LogP contribution in [0.3, 0.4) is 0 Å². The van der Waals surface area contributed by atoms with Crippen LogP contribution in [0, 0.1) is 0 Å². The van der Waals surface area contributed by atoms with E-state index in [0.717, 1.165) is 23.3 Å². The highest BCUT2D eigenvalue weighted by Gasteiger charge is 2.32. The fourth-order valence-electron chi connectivity index (χ4n) is 4.79. The van der Waals surface area contributed by atoms with Crippen LogP contribution >= 0.6 is 0 Å². The number of fused-ring (bicyclic) bond motifs is 1. The SMILES string of the molecule is CS(=O)(=O)c1ccc(C(CO)NC(=O)c2cnc3c(c2)OCCN3c2cc(C3CC3)nc(C3CC3)c2)cc1. The minimum absolute atomic E-state index is 0.174. The van der Waals surface area contributed by atoms with Gasteiger partial charge in [-0.2, -0.15) is 0 Å². The summed E-state index contributed by atoms with van der Waals surface area (Å²) in [6, 6.07) is 11.4. The van der Waals surface area contributed by atoms with Gasteiger partial charge in [0.2, 0.25) is 0 Å². The van der Waals surface area contributed by atoms with Crippen LogP contribution in [0.4, 0.5) is 11.5 Å². The van der Waals surface area contributed by atoms with E-state index in [9.17, 15) is 18.3 Å². The zero-order valence-electron chi connectivity index (χ0n) is 21.1. The highest BCUT2D eigenvalue weighted by molar-refractivity contribution is 7.90. The molecule has 2 aromatic heterocycles. The van der Waals surface area contributed by atoms with Crippen molar-refractivity contribution in [1.82, 2.24) is 15.3 Å². The first-order valence-electron chi connectivity index (χ1n) is 12.9. The Balaban J connectivity index is 1.23. The Morgan fingerprint density at radius 1 is 1.11 bits per heavy atom. The standard InChI is InChI=1S/C28H30N4O5S/c1-38(35,36)22-8-6-19(7-9-22)25(16-33)31-28(34)20-12-26-27(29-15-20)32(10-11-37-26)21-13-23(17-2-3-17)30-24(14-21)18-4-5-18/h6-9,12-15,17-18,25,33H,2-5,10-11,16H2,1H3,(H,31,34). The number of aliphatic hydroxyl groups is 1. The average Bonchev–Trinajstić information content (AvgIpc) is 3.83. The van der Waals surface area contributed by atoms with Gasteiger partial charge in [-0.3, -0.25) is 9.78 Å². The maximum Gasteiger partial charge on any atom is 0.253 e. The van der Waals surface area contributed by atoms with Gasteiger partial charge in [0.25, 0.3) is 5.91 Å². The zero-order chi connectivity index (χ0) is 26.4. The summed E-state index contributed by atoms with van der Waals surface area (Å²) in [5.41, 5.74) is 4.29. The van der Waals surface area contributed by atoms with Crippen molar-refractivity contribution >= 4 is 27.2 Å². The van der Waals surface area contributed by atoms with Gasteiger partial charge < -0.3 is 20.1 Å². The highest BCUT2D eigenvalue weighted by Crippen LogP contribution is 2.46. The number of rotatable bonds is 8. The zero-order valence-corrected chi connectivity index (χ0v) is 21.9. The van der Waals surface area contributed by atoms with E-state index >= 15 is 0 Å². The quantitative estimate of drug-likeness (QED) is 0.449. The van der Waals surface area contributed by atoms with Gasteiger partial charge in [0.05, 0.1) is 29.7 Å². The number of aromatic nitrogens is 2. The van der Waals surface area contributed by atoms with Crippen molar-refractivity contribution in [3.63, 3.8) is 0 Å². The second kappa shape index (κ2) is 9.67. The minimum atomic E-state index is -3.34. The van der Waals surface area contributed by atoms with Gasteiger partial charge in [0.15, 0.2) is 21.4 Å². The molecule has 3 aromatic rings. The molecule has 0 spiro atoms. The number of aliphatic hydroxyl groups excluding tert-OH is 1. The summed E-state index contributed by atoms with van der Waals surface area (Å²) in [7, 11) is -3.34. The smallest absolute Gasteiger partial charge is 0.253 e. The molecular formula is C28H30N4O5S. The molecule has 3 heterocycles. The highest BCUT2D eigenvalue weighted by atomic mass is 32.2. The number of ether oxygens (including phenoxy) is 1. The van der Waals surface area contributed by atoms with Crippen LogP contribution in [0.5, 0.6) is 5.75 Å². The number of hydrogen-bond donors (Lipinski definition) is 2. The van der Waals surface area contributed by atoms with Gasteiger partial charge in [-0.25, -0.2) is 13.4 Å². The van der Waals surface area contributed by atoms with Crippen LogP contribution in [-0.2, 0) is 9.84 Å².